The molecule has 3 aromatic carbocycles. The molecule has 0 unspecified atom stereocenters. The average molecular weight is 627 g/mol. The quantitative estimate of drug-likeness (QED) is 0.199. The normalized spacial score (nSPS) is 9.43. The summed E-state index contributed by atoms with van der Waals surface area (Å²) in [6.07, 6.45) is 3.49. The zero-order valence-electron chi connectivity index (χ0n) is 18.5. The minimum absolute atomic E-state index is 0. The first kappa shape index (κ1) is 25.2. The van der Waals surface area contributed by atoms with E-state index in [9.17, 15) is 0 Å². The van der Waals surface area contributed by atoms with Crippen molar-refractivity contribution in [2.45, 2.75) is 0 Å². The summed E-state index contributed by atoms with van der Waals surface area (Å²) in [4.78, 5) is 11.8. The van der Waals surface area contributed by atoms with Gasteiger partial charge in [-0.15, -0.1) is 59.7 Å². The molecule has 0 amide bonds. The average Bonchev–Trinajstić information content (AvgIpc) is 2.94. The summed E-state index contributed by atoms with van der Waals surface area (Å²) in [5.41, 5.74) is 6.47. The van der Waals surface area contributed by atoms with Crippen LogP contribution >= 0.6 is 0 Å². The van der Waals surface area contributed by atoms with Gasteiger partial charge < -0.3 is 9.97 Å². The van der Waals surface area contributed by atoms with Crippen molar-refractivity contribution in [3.05, 3.63) is 139 Å². The van der Waals surface area contributed by atoms with Gasteiger partial charge in [0.25, 0.3) is 0 Å². The third-order valence-corrected chi connectivity index (χ3v) is 4.94. The Kier molecular flexibility index (Phi) is 9.17. The van der Waals surface area contributed by atoms with Crippen molar-refractivity contribution in [1.29, 1.82) is 5.26 Å². The number of rotatable bonds is 3. The van der Waals surface area contributed by atoms with Crippen LogP contribution in [0.15, 0.2) is 109 Å². The topological polar surface area (TPSA) is 53.9 Å². The van der Waals surface area contributed by atoms with E-state index in [1.165, 1.54) is 11.1 Å². The number of nitriles is 1. The summed E-state index contributed by atoms with van der Waals surface area (Å²) in [5.74, 6) is 0. The molecule has 0 N–H and O–H groups in total. The Hall–Kier alpha value is -4.41. The molecule has 5 rings (SSSR count). The smallest absolute Gasteiger partial charge is 0.106 e. The summed E-state index contributed by atoms with van der Waals surface area (Å²) in [6.45, 7) is 6.92. The van der Waals surface area contributed by atoms with E-state index in [1.807, 2.05) is 60.8 Å². The number of hydrogen-bond acceptors (Lipinski definition) is 3. The van der Waals surface area contributed by atoms with Gasteiger partial charge in [-0.1, -0.05) is 48.5 Å². The van der Waals surface area contributed by atoms with Crippen LogP contribution in [0.3, 0.4) is 0 Å². The molecule has 4 nitrogen and oxygen atoms in total. The molecule has 0 spiro atoms. The molecule has 35 heavy (non-hydrogen) atoms. The van der Waals surface area contributed by atoms with E-state index >= 15 is 0 Å². The van der Waals surface area contributed by atoms with Crippen molar-refractivity contribution in [2.75, 3.05) is 0 Å². The predicted molar refractivity (Wildman–Crippen MR) is 133 cm³/mol. The van der Waals surface area contributed by atoms with Crippen molar-refractivity contribution in [2.24, 2.45) is 0 Å². The van der Waals surface area contributed by atoms with Gasteiger partial charge >= 0.3 is 0 Å². The summed E-state index contributed by atoms with van der Waals surface area (Å²) in [6, 6.07) is 39.1. The van der Waals surface area contributed by atoms with Crippen molar-refractivity contribution in [3.63, 3.8) is 0 Å². The molecule has 1 radical (unpaired) electrons. The van der Waals surface area contributed by atoms with Gasteiger partial charge in [0.15, 0.2) is 0 Å². The monoisotopic (exact) mass is 627 g/mol. The zero-order chi connectivity index (χ0) is 23.6. The van der Waals surface area contributed by atoms with E-state index in [2.05, 4.69) is 51.2 Å². The van der Waals surface area contributed by atoms with Crippen LogP contribution in [0.1, 0.15) is 5.56 Å². The first-order chi connectivity index (χ1) is 16.8. The van der Waals surface area contributed by atoms with Crippen LogP contribution in [0.2, 0.25) is 0 Å². The Morgan fingerprint density at radius 2 is 1.54 bits per heavy atom. The van der Waals surface area contributed by atoms with Gasteiger partial charge in [0.1, 0.15) is 5.69 Å². The largest absolute Gasteiger partial charge is 0.305 e. The predicted octanol–water partition coefficient (Wildman–Crippen LogP) is 7.18. The van der Waals surface area contributed by atoms with E-state index in [1.54, 1.807) is 30.5 Å². The molecule has 0 fully saturated rings. The van der Waals surface area contributed by atoms with Gasteiger partial charge in [-0.25, -0.2) is 5.26 Å². The van der Waals surface area contributed by atoms with Crippen LogP contribution in [0.5, 0.6) is 0 Å². The third-order valence-electron chi connectivity index (χ3n) is 4.94. The third kappa shape index (κ3) is 6.56. The van der Waals surface area contributed by atoms with Crippen LogP contribution in [-0.2, 0) is 20.1 Å². The van der Waals surface area contributed by atoms with E-state index < -0.39 is 0 Å². The van der Waals surface area contributed by atoms with E-state index in [-0.39, 0.29) is 20.1 Å². The van der Waals surface area contributed by atoms with Crippen LogP contribution < -0.4 is 0 Å². The van der Waals surface area contributed by atoms with Crippen molar-refractivity contribution < 1.29 is 20.1 Å². The summed E-state index contributed by atoms with van der Waals surface area (Å²) < 4.78 is 0. The molecule has 169 valence electrons. The Bertz CT molecular complexity index is 1400. The van der Waals surface area contributed by atoms with Gasteiger partial charge in [-0.05, 0) is 40.2 Å². The number of pyridine rings is 2. The van der Waals surface area contributed by atoms with Crippen molar-refractivity contribution >= 4 is 5.69 Å². The van der Waals surface area contributed by atoms with Gasteiger partial charge in [-0.3, -0.25) is 4.85 Å². The number of aromatic nitrogens is 2. The number of benzene rings is 3. The molecule has 0 aliphatic carbocycles. The molecule has 2 heterocycles. The van der Waals surface area contributed by atoms with Gasteiger partial charge in [0.2, 0.25) is 0 Å². The molecule has 0 aliphatic rings. The zero-order valence-corrected chi connectivity index (χ0v) is 20.9. The second-order valence-electron chi connectivity index (χ2n) is 7.14. The van der Waals surface area contributed by atoms with Crippen molar-refractivity contribution in [1.82, 2.24) is 9.97 Å². The van der Waals surface area contributed by atoms with E-state index in [0.717, 1.165) is 11.3 Å². The molecule has 2 aromatic heterocycles. The first-order valence-electron chi connectivity index (χ1n) is 10.5. The summed E-state index contributed by atoms with van der Waals surface area (Å²) >= 11 is 0. The fourth-order valence-corrected chi connectivity index (χ4v) is 3.29. The second kappa shape index (κ2) is 12.7. The van der Waals surface area contributed by atoms with Crippen LogP contribution in [0.4, 0.5) is 5.69 Å². The maximum absolute atomic E-state index is 8.97. The van der Waals surface area contributed by atoms with E-state index in [0.29, 0.717) is 22.5 Å². The molecule has 0 saturated carbocycles. The second-order valence-corrected chi connectivity index (χ2v) is 7.14. The molecule has 5 heteroatoms. The Balaban J connectivity index is 0.000000192. The van der Waals surface area contributed by atoms with Crippen LogP contribution in [0, 0.1) is 30.0 Å². The van der Waals surface area contributed by atoms with Crippen LogP contribution in [-0.4, -0.2) is 9.97 Å². The molecule has 0 aliphatic heterocycles. The Morgan fingerprint density at radius 3 is 2.23 bits per heavy atom. The maximum atomic E-state index is 8.97. The van der Waals surface area contributed by atoms with Crippen molar-refractivity contribution in [3.8, 4) is 39.7 Å². The number of nitrogens with zero attached hydrogens (tertiary/aromatic N) is 4. The fraction of sp³-hybridized carbons (Fsp3) is 0. The van der Waals surface area contributed by atoms with E-state index in [4.69, 9.17) is 11.8 Å². The van der Waals surface area contributed by atoms with Crippen LogP contribution in [0.25, 0.3) is 38.5 Å². The van der Waals surface area contributed by atoms with Gasteiger partial charge in [0.05, 0.1) is 6.57 Å². The molecule has 5 aromatic rings. The SMILES string of the molecule is [C-]#[N+]c1[c-]c(-c2ccccn2)c(C#N)cc1.[Ir].[c-]1ccccc1-c1cc(-c2ccccc2)ccn1. The standard InChI is InChI=1S/C17H12N.C13H6N3.Ir/c1-3-7-14(8-4-1)16-11-12-18-17(13-16)15-9-5-2-6-10-15;1-15-11-6-5-10(9-14)12(8-11)13-4-2-3-7-16-13;/h1-9,11-13H;2-7H;/q2*-1;. The minimum Gasteiger partial charge on any atom is -0.305 e. The molecule has 0 atom stereocenters. The van der Waals surface area contributed by atoms with Gasteiger partial charge in [-0.2, -0.15) is 0 Å². The molecular formula is C30H18IrN4-2. The molecule has 0 saturated heterocycles. The molecular weight excluding hydrogens is 609 g/mol. The summed E-state index contributed by atoms with van der Waals surface area (Å²) in [5, 5.41) is 8.97. The Labute approximate surface area is 218 Å². The summed E-state index contributed by atoms with van der Waals surface area (Å²) in [7, 11) is 0. The fourth-order valence-electron chi connectivity index (χ4n) is 3.29. The first-order valence-corrected chi connectivity index (χ1v) is 10.5. The minimum atomic E-state index is 0. The van der Waals surface area contributed by atoms with Gasteiger partial charge in [0, 0.05) is 38.6 Å². The maximum Gasteiger partial charge on any atom is 0.106 e. The Morgan fingerprint density at radius 1 is 0.771 bits per heavy atom. The molecule has 0 bridgehead atoms. The number of hydrogen-bond donors (Lipinski definition) is 0.